The number of benzene rings is 3. The van der Waals surface area contributed by atoms with Gasteiger partial charge in [-0.25, -0.2) is 4.98 Å². The SMILES string of the molecule is CC(Sc1n[nH]c(-c2ccccc2Br)n1)C(=O)Nc1cccc2ccccc12. The second-order valence-corrected chi connectivity index (χ2v) is 8.38. The summed E-state index contributed by atoms with van der Waals surface area (Å²) in [6, 6.07) is 21.6. The van der Waals surface area contributed by atoms with Crippen LogP contribution in [-0.4, -0.2) is 26.3 Å². The van der Waals surface area contributed by atoms with E-state index in [9.17, 15) is 4.79 Å². The predicted octanol–water partition coefficient (Wildman–Crippen LogP) is 5.51. The van der Waals surface area contributed by atoms with Crippen LogP contribution < -0.4 is 5.32 Å². The van der Waals surface area contributed by atoms with E-state index in [2.05, 4.69) is 36.4 Å². The molecule has 4 rings (SSSR count). The number of aromatic amines is 1. The van der Waals surface area contributed by atoms with E-state index in [0.717, 1.165) is 26.5 Å². The van der Waals surface area contributed by atoms with Crippen molar-refractivity contribution >= 4 is 50.1 Å². The Hall–Kier alpha value is -2.64. The Kier molecular flexibility index (Phi) is 5.45. The van der Waals surface area contributed by atoms with Crippen LogP contribution in [0.3, 0.4) is 0 Å². The fraction of sp³-hybridized carbons (Fsp3) is 0.0952. The molecule has 1 aromatic heterocycles. The van der Waals surface area contributed by atoms with Gasteiger partial charge in [-0.05, 0) is 24.4 Å². The molecule has 28 heavy (non-hydrogen) atoms. The van der Waals surface area contributed by atoms with Crippen LogP contribution in [0.5, 0.6) is 0 Å². The highest BCUT2D eigenvalue weighted by atomic mass is 79.9. The highest BCUT2D eigenvalue weighted by Gasteiger charge is 2.18. The molecule has 4 aromatic rings. The number of carbonyl (C=O) groups excluding carboxylic acids is 1. The van der Waals surface area contributed by atoms with Crippen molar-refractivity contribution in [1.29, 1.82) is 0 Å². The molecule has 3 aromatic carbocycles. The van der Waals surface area contributed by atoms with Crippen LogP contribution in [0.2, 0.25) is 0 Å². The molecule has 1 atom stereocenters. The fourth-order valence-corrected chi connectivity index (χ4v) is 4.05. The van der Waals surface area contributed by atoms with Crippen molar-refractivity contribution in [3.8, 4) is 11.4 Å². The van der Waals surface area contributed by atoms with Crippen LogP contribution in [0.1, 0.15) is 6.92 Å². The summed E-state index contributed by atoms with van der Waals surface area (Å²) < 4.78 is 0.935. The minimum Gasteiger partial charge on any atom is -0.325 e. The number of hydrogen-bond acceptors (Lipinski definition) is 4. The number of hydrogen-bond donors (Lipinski definition) is 2. The molecule has 1 unspecified atom stereocenters. The van der Waals surface area contributed by atoms with Gasteiger partial charge in [0.2, 0.25) is 11.1 Å². The lowest BCUT2D eigenvalue weighted by Gasteiger charge is -2.12. The molecule has 0 radical (unpaired) electrons. The van der Waals surface area contributed by atoms with Crippen LogP contribution >= 0.6 is 27.7 Å². The Balaban J connectivity index is 1.47. The molecule has 7 heteroatoms. The number of anilines is 1. The summed E-state index contributed by atoms with van der Waals surface area (Å²) >= 11 is 4.83. The average molecular weight is 453 g/mol. The first kappa shape index (κ1) is 18.7. The van der Waals surface area contributed by atoms with Gasteiger partial charge >= 0.3 is 0 Å². The fourth-order valence-electron chi connectivity index (χ4n) is 2.85. The minimum atomic E-state index is -0.346. The third-order valence-electron chi connectivity index (χ3n) is 4.29. The molecule has 140 valence electrons. The summed E-state index contributed by atoms with van der Waals surface area (Å²) in [6.45, 7) is 1.85. The van der Waals surface area contributed by atoms with E-state index < -0.39 is 0 Å². The van der Waals surface area contributed by atoms with Crippen molar-refractivity contribution in [3.05, 3.63) is 71.2 Å². The van der Waals surface area contributed by atoms with Gasteiger partial charge in [0.05, 0.1) is 5.25 Å². The van der Waals surface area contributed by atoms with E-state index in [1.807, 2.05) is 73.7 Å². The Morgan fingerprint density at radius 2 is 1.82 bits per heavy atom. The number of nitrogens with one attached hydrogen (secondary N) is 2. The minimum absolute atomic E-state index is 0.0893. The maximum Gasteiger partial charge on any atom is 0.237 e. The molecular weight excluding hydrogens is 436 g/mol. The zero-order valence-corrected chi connectivity index (χ0v) is 17.4. The Morgan fingerprint density at radius 1 is 1.07 bits per heavy atom. The molecule has 0 aliphatic carbocycles. The number of carbonyl (C=O) groups is 1. The van der Waals surface area contributed by atoms with Crippen molar-refractivity contribution in [2.24, 2.45) is 0 Å². The largest absolute Gasteiger partial charge is 0.325 e. The van der Waals surface area contributed by atoms with Crippen molar-refractivity contribution in [3.63, 3.8) is 0 Å². The van der Waals surface area contributed by atoms with Gasteiger partial charge in [0.15, 0.2) is 5.82 Å². The normalized spacial score (nSPS) is 12.1. The quantitative estimate of drug-likeness (QED) is 0.391. The molecule has 2 N–H and O–H groups in total. The number of H-pyrrole nitrogens is 1. The van der Waals surface area contributed by atoms with Gasteiger partial charge in [-0.2, -0.15) is 0 Å². The van der Waals surface area contributed by atoms with Gasteiger partial charge in [0, 0.05) is 21.1 Å². The van der Waals surface area contributed by atoms with E-state index in [1.165, 1.54) is 11.8 Å². The summed E-state index contributed by atoms with van der Waals surface area (Å²) in [5, 5.41) is 12.5. The monoisotopic (exact) mass is 452 g/mol. The van der Waals surface area contributed by atoms with Gasteiger partial charge in [-0.3, -0.25) is 9.89 Å². The lowest BCUT2D eigenvalue weighted by Crippen LogP contribution is -2.22. The van der Waals surface area contributed by atoms with Gasteiger partial charge in [-0.1, -0.05) is 82.3 Å². The third-order valence-corrected chi connectivity index (χ3v) is 5.95. The molecule has 0 bridgehead atoms. The molecule has 1 heterocycles. The van der Waals surface area contributed by atoms with Crippen molar-refractivity contribution < 1.29 is 4.79 Å². The summed E-state index contributed by atoms with van der Waals surface area (Å²) in [7, 11) is 0. The number of halogens is 1. The highest BCUT2D eigenvalue weighted by molar-refractivity contribution is 9.10. The summed E-state index contributed by atoms with van der Waals surface area (Å²) in [5.41, 5.74) is 1.73. The number of amides is 1. The molecule has 5 nitrogen and oxygen atoms in total. The molecule has 0 spiro atoms. The van der Waals surface area contributed by atoms with E-state index in [0.29, 0.717) is 11.0 Å². The lowest BCUT2D eigenvalue weighted by molar-refractivity contribution is -0.115. The topological polar surface area (TPSA) is 70.7 Å². The van der Waals surface area contributed by atoms with E-state index in [-0.39, 0.29) is 11.2 Å². The second kappa shape index (κ2) is 8.16. The average Bonchev–Trinajstić information content (AvgIpc) is 3.16. The summed E-state index contributed by atoms with van der Waals surface area (Å²) in [4.78, 5) is 17.2. The maximum absolute atomic E-state index is 12.7. The first-order valence-electron chi connectivity index (χ1n) is 8.74. The van der Waals surface area contributed by atoms with E-state index in [1.54, 1.807) is 0 Å². The lowest BCUT2D eigenvalue weighted by atomic mass is 10.1. The second-order valence-electron chi connectivity index (χ2n) is 6.22. The molecule has 0 fully saturated rings. The van der Waals surface area contributed by atoms with Crippen molar-refractivity contribution in [1.82, 2.24) is 15.2 Å². The van der Waals surface area contributed by atoms with Gasteiger partial charge in [0.25, 0.3) is 0 Å². The standard InChI is InChI=1S/C21H17BrN4OS/c1-13(20(27)23-18-12-6-8-14-7-2-3-9-15(14)18)28-21-24-19(25-26-21)16-10-4-5-11-17(16)22/h2-13H,1H3,(H,23,27)(H,24,25,26). The van der Waals surface area contributed by atoms with Crippen LogP contribution in [0.25, 0.3) is 22.2 Å². The Morgan fingerprint density at radius 3 is 2.68 bits per heavy atom. The third kappa shape index (κ3) is 3.95. The van der Waals surface area contributed by atoms with E-state index >= 15 is 0 Å². The highest BCUT2D eigenvalue weighted by Crippen LogP contribution is 2.28. The zero-order valence-electron chi connectivity index (χ0n) is 15.0. The number of aromatic nitrogens is 3. The van der Waals surface area contributed by atoms with Gasteiger partial charge < -0.3 is 5.32 Å². The molecule has 1 amide bonds. The van der Waals surface area contributed by atoms with Gasteiger partial charge in [0.1, 0.15) is 0 Å². The Labute approximate surface area is 175 Å². The summed E-state index contributed by atoms with van der Waals surface area (Å²) in [6.07, 6.45) is 0. The Bertz CT molecular complexity index is 1140. The zero-order chi connectivity index (χ0) is 19.5. The molecule has 0 saturated heterocycles. The van der Waals surface area contributed by atoms with Crippen LogP contribution in [0.4, 0.5) is 5.69 Å². The predicted molar refractivity (Wildman–Crippen MR) is 117 cm³/mol. The number of nitrogens with zero attached hydrogens (tertiary/aromatic N) is 2. The number of thioether (sulfide) groups is 1. The van der Waals surface area contributed by atoms with Gasteiger partial charge in [-0.15, -0.1) is 5.10 Å². The summed E-state index contributed by atoms with van der Waals surface area (Å²) in [5.74, 6) is 0.574. The van der Waals surface area contributed by atoms with Crippen LogP contribution in [-0.2, 0) is 4.79 Å². The maximum atomic E-state index is 12.7. The molecule has 0 aliphatic rings. The number of fused-ring (bicyclic) bond motifs is 1. The first-order chi connectivity index (χ1) is 13.6. The van der Waals surface area contributed by atoms with Crippen LogP contribution in [0.15, 0.2) is 76.4 Å². The first-order valence-corrected chi connectivity index (χ1v) is 10.4. The van der Waals surface area contributed by atoms with E-state index in [4.69, 9.17) is 0 Å². The van der Waals surface area contributed by atoms with Crippen LogP contribution in [0, 0.1) is 0 Å². The number of rotatable bonds is 5. The molecule has 0 saturated carbocycles. The molecular formula is C21H17BrN4OS. The molecule has 0 aliphatic heterocycles. The van der Waals surface area contributed by atoms with Crippen molar-refractivity contribution in [2.75, 3.05) is 5.32 Å². The van der Waals surface area contributed by atoms with Crippen molar-refractivity contribution in [2.45, 2.75) is 17.3 Å². The smallest absolute Gasteiger partial charge is 0.237 e.